The summed E-state index contributed by atoms with van der Waals surface area (Å²) in [6, 6.07) is 2.37. The number of aryl methyl sites for hydroxylation is 3. The lowest BCUT2D eigenvalue weighted by Crippen LogP contribution is -2.22. The highest BCUT2D eigenvalue weighted by Crippen LogP contribution is 2.16. The number of hydrogen-bond donors (Lipinski definition) is 1. The van der Waals surface area contributed by atoms with Crippen molar-refractivity contribution in [2.24, 2.45) is 14.1 Å². The Morgan fingerprint density at radius 2 is 2.17 bits per heavy atom. The second-order valence-corrected chi connectivity index (χ2v) is 4.52. The summed E-state index contributed by atoms with van der Waals surface area (Å²) in [4.78, 5) is 4.36. The van der Waals surface area contributed by atoms with Gasteiger partial charge in [-0.3, -0.25) is 4.68 Å². The minimum atomic E-state index is 0.299. The quantitative estimate of drug-likeness (QED) is 0.840. The Balaban J connectivity index is 2.01. The van der Waals surface area contributed by atoms with Crippen LogP contribution in [0.2, 0.25) is 0 Å². The smallest absolute Gasteiger partial charge is 0.108 e. The van der Waals surface area contributed by atoms with Crippen molar-refractivity contribution in [3.05, 3.63) is 36.2 Å². The van der Waals surface area contributed by atoms with E-state index in [0.29, 0.717) is 6.04 Å². The lowest BCUT2D eigenvalue weighted by molar-refractivity contribution is 0.489. The monoisotopic (exact) mass is 247 g/mol. The molecule has 1 N–H and O–H groups in total. The van der Waals surface area contributed by atoms with E-state index in [1.54, 1.807) is 0 Å². The molecule has 18 heavy (non-hydrogen) atoms. The summed E-state index contributed by atoms with van der Waals surface area (Å²) in [5.74, 6) is 1.12. The van der Waals surface area contributed by atoms with Gasteiger partial charge in [0.2, 0.25) is 0 Å². The SMILES string of the molecule is CCNC(CCc1nccn1C)c1ccn(C)n1. The van der Waals surface area contributed by atoms with Gasteiger partial charge >= 0.3 is 0 Å². The van der Waals surface area contributed by atoms with E-state index in [9.17, 15) is 0 Å². The Morgan fingerprint density at radius 3 is 2.72 bits per heavy atom. The first-order valence-corrected chi connectivity index (χ1v) is 6.39. The molecule has 0 aliphatic rings. The van der Waals surface area contributed by atoms with Crippen LogP contribution < -0.4 is 5.32 Å². The normalized spacial score (nSPS) is 12.8. The first kappa shape index (κ1) is 12.8. The van der Waals surface area contributed by atoms with Gasteiger partial charge in [0.1, 0.15) is 5.82 Å². The summed E-state index contributed by atoms with van der Waals surface area (Å²) in [5.41, 5.74) is 1.11. The van der Waals surface area contributed by atoms with Gasteiger partial charge in [-0.15, -0.1) is 0 Å². The molecule has 98 valence electrons. The van der Waals surface area contributed by atoms with E-state index in [1.165, 1.54) is 0 Å². The van der Waals surface area contributed by atoms with Gasteiger partial charge in [0.15, 0.2) is 0 Å². The average Bonchev–Trinajstić information content (AvgIpc) is 2.94. The van der Waals surface area contributed by atoms with Crippen molar-refractivity contribution in [2.45, 2.75) is 25.8 Å². The maximum absolute atomic E-state index is 4.48. The molecule has 1 unspecified atom stereocenters. The fraction of sp³-hybridized carbons (Fsp3) is 0.538. The Kier molecular flexibility index (Phi) is 4.15. The van der Waals surface area contributed by atoms with Crippen molar-refractivity contribution in [1.29, 1.82) is 0 Å². The van der Waals surface area contributed by atoms with E-state index >= 15 is 0 Å². The van der Waals surface area contributed by atoms with Crippen LogP contribution in [0.5, 0.6) is 0 Å². The molecule has 0 aliphatic heterocycles. The maximum Gasteiger partial charge on any atom is 0.108 e. The summed E-state index contributed by atoms with van der Waals surface area (Å²) in [5, 5.41) is 7.96. The minimum absolute atomic E-state index is 0.299. The summed E-state index contributed by atoms with van der Waals surface area (Å²) in [7, 11) is 3.98. The van der Waals surface area contributed by atoms with Crippen molar-refractivity contribution in [3.63, 3.8) is 0 Å². The standard InChI is InChI=1S/C13H21N5/c1-4-14-11(12-7-9-18(3)16-12)5-6-13-15-8-10-17(13)2/h7-11,14H,4-6H2,1-3H3. The molecule has 0 fully saturated rings. The topological polar surface area (TPSA) is 47.7 Å². The van der Waals surface area contributed by atoms with Crippen LogP contribution in [-0.2, 0) is 20.5 Å². The van der Waals surface area contributed by atoms with Gasteiger partial charge in [-0.05, 0) is 19.0 Å². The number of imidazole rings is 1. The summed E-state index contributed by atoms with van der Waals surface area (Å²) in [6.07, 6.45) is 7.78. The molecule has 0 aliphatic carbocycles. The molecular formula is C13H21N5. The largest absolute Gasteiger partial charge is 0.338 e. The fourth-order valence-electron chi connectivity index (χ4n) is 2.13. The van der Waals surface area contributed by atoms with Gasteiger partial charge in [-0.1, -0.05) is 6.92 Å². The number of nitrogens with one attached hydrogen (secondary N) is 1. The highest BCUT2D eigenvalue weighted by Gasteiger charge is 2.14. The highest BCUT2D eigenvalue weighted by atomic mass is 15.3. The van der Waals surface area contributed by atoms with Crippen LogP contribution in [0.1, 0.15) is 30.9 Å². The first-order valence-electron chi connectivity index (χ1n) is 6.39. The molecule has 1 atom stereocenters. The number of nitrogens with zero attached hydrogens (tertiary/aromatic N) is 4. The Labute approximate surface area is 108 Å². The van der Waals surface area contributed by atoms with E-state index < -0.39 is 0 Å². The van der Waals surface area contributed by atoms with E-state index in [2.05, 4.69) is 33.0 Å². The lowest BCUT2D eigenvalue weighted by Gasteiger charge is -2.15. The van der Waals surface area contributed by atoms with Crippen molar-refractivity contribution >= 4 is 0 Å². The fourth-order valence-corrected chi connectivity index (χ4v) is 2.13. The molecule has 0 aromatic carbocycles. The summed E-state index contributed by atoms with van der Waals surface area (Å²) in [6.45, 7) is 3.07. The zero-order chi connectivity index (χ0) is 13.0. The zero-order valence-corrected chi connectivity index (χ0v) is 11.3. The molecule has 0 saturated carbocycles. The Hall–Kier alpha value is -1.62. The van der Waals surface area contributed by atoms with Gasteiger partial charge in [-0.2, -0.15) is 5.10 Å². The molecule has 0 amide bonds. The summed E-state index contributed by atoms with van der Waals surface area (Å²) >= 11 is 0. The lowest BCUT2D eigenvalue weighted by atomic mass is 10.1. The second-order valence-electron chi connectivity index (χ2n) is 4.52. The third-order valence-corrected chi connectivity index (χ3v) is 3.12. The number of hydrogen-bond acceptors (Lipinski definition) is 3. The van der Waals surface area contributed by atoms with Crippen LogP contribution in [-0.4, -0.2) is 25.9 Å². The van der Waals surface area contributed by atoms with E-state index in [0.717, 1.165) is 30.9 Å². The zero-order valence-electron chi connectivity index (χ0n) is 11.3. The number of rotatable bonds is 6. The first-order chi connectivity index (χ1) is 8.70. The van der Waals surface area contributed by atoms with Crippen molar-refractivity contribution in [2.75, 3.05) is 6.54 Å². The van der Waals surface area contributed by atoms with E-state index in [4.69, 9.17) is 0 Å². The molecule has 0 saturated heterocycles. The highest BCUT2D eigenvalue weighted by molar-refractivity contribution is 5.06. The third-order valence-electron chi connectivity index (χ3n) is 3.12. The molecule has 2 aromatic heterocycles. The molecule has 2 aromatic rings. The van der Waals surface area contributed by atoms with Gasteiger partial charge in [-0.25, -0.2) is 4.98 Å². The number of aromatic nitrogens is 4. The second kappa shape index (κ2) is 5.82. The predicted molar refractivity (Wildman–Crippen MR) is 71.2 cm³/mol. The van der Waals surface area contributed by atoms with Crippen molar-refractivity contribution < 1.29 is 0 Å². The molecule has 2 heterocycles. The molecule has 2 rings (SSSR count). The molecular weight excluding hydrogens is 226 g/mol. The predicted octanol–water partition coefficient (Wildman–Crippen LogP) is 1.44. The molecule has 5 nitrogen and oxygen atoms in total. The van der Waals surface area contributed by atoms with Crippen LogP contribution in [0.25, 0.3) is 0 Å². The van der Waals surface area contributed by atoms with Crippen LogP contribution in [0, 0.1) is 0 Å². The van der Waals surface area contributed by atoms with Crippen LogP contribution in [0.15, 0.2) is 24.7 Å². The third kappa shape index (κ3) is 2.98. The van der Waals surface area contributed by atoms with Crippen LogP contribution >= 0.6 is 0 Å². The van der Waals surface area contributed by atoms with Gasteiger partial charge < -0.3 is 9.88 Å². The molecule has 0 spiro atoms. The van der Waals surface area contributed by atoms with Crippen molar-refractivity contribution in [3.8, 4) is 0 Å². The average molecular weight is 247 g/mol. The molecule has 0 radical (unpaired) electrons. The minimum Gasteiger partial charge on any atom is -0.338 e. The van der Waals surface area contributed by atoms with Crippen LogP contribution in [0.3, 0.4) is 0 Å². The van der Waals surface area contributed by atoms with Crippen LogP contribution in [0.4, 0.5) is 0 Å². The molecule has 0 bridgehead atoms. The van der Waals surface area contributed by atoms with E-state index in [-0.39, 0.29) is 0 Å². The van der Waals surface area contributed by atoms with E-state index in [1.807, 2.05) is 37.4 Å². The maximum atomic E-state index is 4.48. The van der Waals surface area contributed by atoms with Gasteiger partial charge in [0, 0.05) is 39.1 Å². The Bertz CT molecular complexity index is 485. The van der Waals surface area contributed by atoms with Crippen molar-refractivity contribution in [1.82, 2.24) is 24.6 Å². The molecule has 5 heteroatoms. The van der Waals surface area contributed by atoms with Gasteiger partial charge in [0.05, 0.1) is 11.7 Å². The Morgan fingerprint density at radius 1 is 1.33 bits per heavy atom. The van der Waals surface area contributed by atoms with Gasteiger partial charge in [0.25, 0.3) is 0 Å². The summed E-state index contributed by atoms with van der Waals surface area (Å²) < 4.78 is 3.92.